The molecule has 0 spiro atoms. The zero-order valence-electron chi connectivity index (χ0n) is 11.5. The van der Waals surface area contributed by atoms with Gasteiger partial charge in [0, 0.05) is 6.04 Å². The SMILES string of the molecule is CNC(Cc1ccc(F)c(Br)c1)c1ccc(OC)cc1. The van der Waals surface area contributed by atoms with Gasteiger partial charge in [-0.1, -0.05) is 18.2 Å². The van der Waals surface area contributed by atoms with Crippen molar-refractivity contribution < 1.29 is 9.13 Å². The maximum absolute atomic E-state index is 13.2. The number of likely N-dealkylation sites (N-methyl/N-ethyl adjacent to an activating group) is 1. The fourth-order valence-electron chi connectivity index (χ4n) is 2.13. The summed E-state index contributed by atoms with van der Waals surface area (Å²) in [4.78, 5) is 0. The molecule has 0 heterocycles. The molecule has 0 saturated carbocycles. The van der Waals surface area contributed by atoms with Gasteiger partial charge < -0.3 is 10.1 Å². The minimum absolute atomic E-state index is 0.179. The zero-order chi connectivity index (χ0) is 14.5. The molecule has 106 valence electrons. The molecule has 2 nitrogen and oxygen atoms in total. The molecule has 0 amide bonds. The van der Waals surface area contributed by atoms with Gasteiger partial charge in [0.05, 0.1) is 11.6 Å². The lowest BCUT2D eigenvalue weighted by atomic mass is 9.99. The van der Waals surface area contributed by atoms with Gasteiger partial charge in [-0.3, -0.25) is 0 Å². The van der Waals surface area contributed by atoms with Crippen molar-refractivity contribution in [1.29, 1.82) is 0 Å². The highest BCUT2D eigenvalue weighted by Crippen LogP contribution is 2.23. The van der Waals surface area contributed by atoms with Crippen LogP contribution in [0.4, 0.5) is 4.39 Å². The van der Waals surface area contributed by atoms with Crippen LogP contribution in [0.5, 0.6) is 5.75 Å². The van der Waals surface area contributed by atoms with Gasteiger partial charge in [0.2, 0.25) is 0 Å². The number of ether oxygens (including phenoxy) is 1. The summed E-state index contributed by atoms with van der Waals surface area (Å²) < 4.78 is 18.9. The first-order chi connectivity index (χ1) is 9.63. The first-order valence-corrected chi connectivity index (χ1v) is 7.18. The highest BCUT2D eigenvalue weighted by atomic mass is 79.9. The van der Waals surface area contributed by atoms with E-state index in [4.69, 9.17) is 4.74 Å². The van der Waals surface area contributed by atoms with Crippen LogP contribution in [0.2, 0.25) is 0 Å². The summed E-state index contributed by atoms with van der Waals surface area (Å²) in [5.41, 5.74) is 2.25. The number of rotatable bonds is 5. The van der Waals surface area contributed by atoms with Crippen LogP contribution in [-0.4, -0.2) is 14.2 Å². The maximum Gasteiger partial charge on any atom is 0.137 e. The molecule has 0 saturated heterocycles. The molecule has 2 rings (SSSR count). The lowest BCUT2D eigenvalue weighted by Gasteiger charge is -2.17. The molecule has 0 aliphatic heterocycles. The lowest BCUT2D eigenvalue weighted by molar-refractivity contribution is 0.414. The third-order valence-corrected chi connectivity index (χ3v) is 3.90. The van der Waals surface area contributed by atoms with E-state index >= 15 is 0 Å². The molecule has 2 aromatic rings. The molecule has 20 heavy (non-hydrogen) atoms. The Balaban J connectivity index is 2.16. The van der Waals surface area contributed by atoms with E-state index < -0.39 is 0 Å². The number of halogens is 2. The molecule has 1 atom stereocenters. The average Bonchev–Trinajstić information content (AvgIpc) is 2.48. The Morgan fingerprint density at radius 2 is 1.90 bits per heavy atom. The van der Waals surface area contributed by atoms with Crippen molar-refractivity contribution in [3.63, 3.8) is 0 Å². The molecular weight excluding hydrogens is 321 g/mol. The summed E-state index contributed by atoms with van der Waals surface area (Å²) in [5, 5.41) is 3.29. The van der Waals surface area contributed by atoms with Gasteiger partial charge in [-0.2, -0.15) is 0 Å². The predicted octanol–water partition coefficient (Wildman–Crippen LogP) is 4.10. The van der Waals surface area contributed by atoms with Gasteiger partial charge in [-0.15, -0.1) is 0 Å². The largest absolute Gasteiger partial charge is 0.497 e. The fraction of sp³-hybridized carbons (Fsp3) is 0.250. The maximum atomic E-state index is 13.2. The molecule has 4 heteroatoms. The number of hydrogen-bond acceptors (Lipinski definition) is 2. The van der Waals surface area contributed by atoms with Gasteiger partial charge in [0.25, 0.3) is 0 Å². The van der Waals surface area contributed by atoms with Crippen molar-refractivity contribution >= 4 is 15.9 Å². The fourth-order valence-corrected chi connectivity index (χ4v) is 2.55. The van der Waals surface area contributed by atoms with Crippen LogP contribution in [0.25, 0.3) is 0 Å². The third-order valence-electron chi connectivity index (χ3n) is 3.29. The van der Waals surface area contributed by atoms with Gasteiger partial charge in [0.15, 0.2) is 0 Å². The van der Waals surface area contributed by atoms with E-state index in [1.807, 2.05) is 43.4 Å². The number of hydrogen-bond donors (Lipinski definition) is 1. The van der Waals surface area contributed by atoms with Crippen LogP contribution in [0.3, 0.4) is 0 Å². The van der Waals surface area contributed by atoms with E-state index in [1.54, 1.807) is 7.11 Å². The molecule has 1 N–H and O–H groups in total. The van der Waals surface area contributed by atoms with Gasteiger partial charge in [-0.25, -0.2) is 4.39 Å². The Hall–Kier alpha value is -1.39. The summed E-state index contributed by atoms with van der Waals surface area (Å²) in [7, 11) is 3.58. The minimum atomic E-state index is -0.237. The van der Waals surface area contributed by atoms with Crippen molar-refractivity contribution in [2.45, 2.75) is 12.5 Å². The van der Waals surface area contributed by atoms with Crippen molar-refractivity contribution in [3.05, 3.63) is 63.9 Å². The molecular formula is C16H17BrFNO. The molecule has 0 aliphatic rings. The number of nitrogens with one attached hydrogen (secondary N) is 1. The molecule has 0 aromatic heterocycles. The second-order valence-electron chi connectivity index (χ2n) is 4.57. The molecule has 0 aliphatic carbocycles. The second-order valence-corrected chi connectivity index (χ2v) is 5.42. The highest BCUT2D eigenvalue weighted by Gasteiger charge is 2.11. The molecule has 0 fully saturated rings. The average molecular weight is 338 g/mol. The van der Waals surface area contributed by atoms with E-state index in [9.17, 15) is 4.39 Å². The first kappa shape index (κ1) is 15.0. The van der Waals surface area contributed by atoms with Crippen molar-refractivity contribution in [1.82, 2.24) is 5.32 Å². The Morgan fingerprint density at radius 1 is 1.20 bits per heavy atom. The van der Waals surface area contributed by atoms with Crippen LogP contribution in [0.15, 0.2) is 46.9 Å². The van der Waals surface area contributed by atoms with Crippen LogP contribution in [0.1, 0.15) is 17.2 Å². The number of methoxy groups -OCH3 is 1. The quantitative estimate of drug-likeness (QED) is 0.886. The molecule has 1 unspecified atom stereocenters. The van der Waals surface area contributed by atoms with E-state index in [0.29, 0.717) is 4.47 Å². The Labute approximate surface area is 127 Å². The standard InChI is InChI=1S/C16H17BrFNO/c1-19-16(12-4-6-13(20-2)7-5-12)10-11-3-8-15(18)14(17)9-11/h3-9,16,19H,10H2,1-2H3. The van der Waals surface area contributed by atoms with E-state index in [2.05, 4.69) is 21.2 Å². The van der Waals surface area contributed by atoms with Gasteiger partial charge in [0.1, 0.15) is 11.6 Å². The minimum Gasteiger partial charge on any atom is -0.497 e. The molecule has 0 bridgehead atoms. The van der Waals surface area contributed by atoms with E-state index in [-0.39, 0.29) is 11.9 Å². The lowest BCUT2D eigenvalue weighted by Crippen LogP contribution is -2.18. The summed E-state index contributed by atoms with van der Waals surface area (Å²) >= 11 is 3.22. The van der Waals surface area contributed by atoms with Crippen LogP contribution in [-0.2, 0) is 6.42 Å². The zero-order valence-corrected chi connectivity index (χ0v) is 13.1. The second kappa shape index (κ2) is 6.86. The van der Waals surface area contributed by atoms with Crippen molar-refractivity contribution in [3.8, 4) is 5.75 Å². The highest BCUT2D eigenvalue weighted by molar-refractivity contribution is 9.10. The molecule has 2 aromatic carbocycles. The topological polar surface area (TPSA) is 21.3 Å². The summed E-state index contributed by atoms with van der Waals surface area (Å²) in [6.45, 7) is 0. The first-order valence-electron chi connectivity index (χ1n) is 6.39. The van der Waals surface area contributed by atoms with Crippen molar-refractivity contribution in [2.75, 3.05) is 14.2 Å². The van der Waals surface area contributed by atoms with E-state index in [1.165, 1.54) is 11.6 Å². The summed E-state index contributed by atoms with van der Waals surface area (Å²) in [6, 6.07) is 13.3. The van der Waals surface area contributed by atoms with Crippen LogP contribution in [0, 0.1) is 5.82 Å². The van der Waals surface area contributed by atoms with Gasteiger partial charge >= 0.3 is 0 Å². The summed E-state index contributed by atoms with van der Waals surface area (Å²) in [6.07, 6.45) is 0.793. The molecule has 0 radical (unpaired) electrons. The predicted molar refractivity (Wildman–Crippen MR) is 82.6 cm³/mol. The van der Waals surface area contributed by atoms with Crippen molar-refractivity contribution in [2.24, 2.45) is 0 Å². The third kappa shape index (κ3) is 3.58. The van der Waals surface area contributed by atoms with Gasteiger partial charge in [-0.05, 0) is 64.8 Å². The Kier molecular flexibility index (Phi) is 5.15. The smallest absolute Gasteiger partial charge is 0.137 e. The van der Waals surface area contributed by atoms with Crippen LogP contribution < -0.4 is 10.1 Å². The summed E-state index contributed by atoms with van der Waals surface area (Å²) in [5.74, 6) is 0.604. The van der Waals surface area contributed by atoms with Crippen LogP contribution >= 0.6 is 15.9 Å². The Bertz CT molecular complexity index is 571. The van der Waals surface area contributed by atoms with E-state index in [0.717, 1.165) is 17.7 Å². The normalized spacial score (nSPS) is 12.2. The number of benzene rings is 2. The Morgan fingerprint density at radius 3 is 2.45 bits per heavy atom. The monoisotopic (exact) mass is 337 g/mol.